The molecule has 3 aromatic carbocycles. The largest absolute Gasteiger partial charge is 0.508 e. The Kier molecular flexibility index (Phi) is 5.33. The molecule has 0 spiro atoms. The second-order valence-electron chi connectivity index (χ2n) is 8.26. The molecule has 0 saturated carbocycles. The molecule has 7 nitrogen and oxygen atoms in total. The minimum absolute atomic E-state index is 0.0177. The summed E-state index contributed by atoms with van der Waals surface area (Å²) in [6.45, 7) is 1.59. The minimum Gasteiger partial charge on any atom is -0.508 e. The Hall–Kier alpha value is -3.71. The summed E-state index contributed by atoms with van der Waals surface area (Å²) in [7, 11) is 0. The molecule has 2 N–H and O–H groups in total. The topological polar surface area (TPSA) is 95.3 Å². The monoisotopic (exact) mass is 428 g/mol. The van der Waals surface area contributed by atoms with Crippen molar-refractivity contribution in [3.63, 3.8) is 0 Å². The van der Waals surface area contributed by atoms with Crippen LogP contribution >= 0.6 is 0 Å². The summed E-state index contributed by atoms with van der Waals surface area (Å²) in [5.41, 5.74) is 3.58. The van der Waals surface area contributed by atoms with Crippen molar-refractivity contribution in [2.75, 3.05) is 13.1 Å². The summed E-state index contributed by atoms with van der Waals surface area (Å²) in [5, 5.41) is 22.0. The lowest BCUT2D eigenvalue weighted by atomic mass is 9.90. The molecule has 0 amide bonds. The summed E-state index contributed by atoms with van der Waals surface area (Å²) < 4.78 is 0. The highest BCUT2D eigenvalue weighted by molar-refractivity contribution is 5.74. The fourth-order valence-corrected chi connectivity index (χ4v) is 4.69. The van der Waals surface area contributed by atoms with Crippen LogP contribution in [0, 0.1) is 10.1 Å². The number of phenolic OH excluding ortho intramolecular Hbond substituents is 1. The maximum absolute atomic E-state index is 11.4. The number of fused-ring (bicyclic) bond motifs is 1. The first-order valence-corrected chi connectivity index (χ1v) is 10.8. The zero-order valence-electron chi connectivity index (χ0n) is 17.5. The van der Waals surface area contributed by atoms with Crippen molar-refractivity contribution >= 4 is 16.7 Å². The van der Waals surface area contributed by atoms with Crippen LogP contribution in [-0.2, 0) is 0 Å². The third-order valence-electron chi connectivity index (χ3n) is 6.32. The summed E-state index contributed by atoms with van der Waals surface area (Å²) in [5.74, 6) is 1.41. The van der Waals surface area contributed by atoms with Crippen molar-refractivity contribution in [2.24, 2.45) is 0 Å². The molecule has 2 heterocycles. The number of nitro benzene ring substituents is 1. The lowest BCUT2D eigenvalue weighted by Crippen LogP contribution is -2.37. The molecule has 5 rings (SSSR count). The fraction of sp³-hybridized carbons (Fsp3) is 0.240. The number of H-pyrrole nitrogens is 1. The number of imidazole rings is 1. The van der Waals surface area contributed by atoms with Gasteiger partial charge in [0.05, 0.1) is 22.0 Å². The van der Waals surface area contributed by atoms with Crippen LogP contribution in [0.25, 0.3) is 11.0 Å². The molecule has 7 heteroatoms. The molecule has 0 radical (unpaired) electrons. The predicted octanol–water partition coefficient (Wildman–Crippen LogP) is 5.15. The second kappa shape index (κ2) is 8.43. The number of nitrogens with one attached hydrogen (secondary N) is 1. The van der Waals surface area contributed by atoms with E-state index in [2.05, 4.69) is 9.88 Å². The number of aromatic nitrogens is 2. The van der Waals surface area contributed by atoms with Crippen LogP contribution in [0.4, 0.5) is 5.69 Å². The minimum atomic E-state index is -0.418. The highest BCUT2D eigenvalue weighted by Gasteiger charge is 2.31. The van der Waals surface area contributed by atoms with E-state index in [1.807, 2.05) is 54.6 Å². The van der Waals surface area contributed by atoms with Gasteiger partial charge >= 0.3 is 0 Å². The molecule has 1 aliphatic rings. The standard InChI is InChI=1S/C25H24N4O3/c30-23-11-10-19(29(31)32)16-20(23)24(17-6-2-1-3-7-17)28-14-12-18(13-15-28)25-26-21-8-4-5-9-22(21)27-25/h1-11,16,18,24,30H,12-15H2,(H,26,27). The lowest BCUT2D eigenvalue weighted by Gasteiger charge is -2.37. The van der Waals surface area contributed by atoms with Crippen molar-refractivity contribution in [2.45, 2.75) is 24.8 Å². The third-order valence-corrected chi connectivity index (χ3v) is 6.32. The van der Waals surface area contributed by atoms with Crippen LogP contribution in [0.3, 0.4) is 0 Å². The number of likely N-dealkylation sites (tertiary alicyclic amines) is 1. The number of nitrogens with zero attached hydrogens (tertiary/aromatic N) is 3. The summed E-state index contributed by atoms with van der Waals surface area (Å²) in [4.78, 5) is 21.5. The van der Waals surface area contributed by atoms with E-state index in [1.54, 1.807) is 0 Å². The van der Waals surface area contributed by atoms with E-state index >= 15 is 0 Å². The van der Waals surface area contributed by atoms with Gasteiger partial charge in [0.15, 0.2) is 0 Å². The van der Waals surface area contributed by atoms with Crippen molar-refractivity contribution < 1.29 is 10.0 Å². The van der Waals surface area contributed by atoms with Crippen LogP contribution in [0.5, 0.6) is 5.75 Å². The van der Waals surface area contributed by atoms with E-state index < -0.39 is 4.92 Å². The number of piperidine rings is 1. The Labute approximate surface area is 185 Å². The Morgan fingerprint density at radius 1 is 1.03 bits per heavy atom. The molecule has 1 aliphatic heterocycles. The quantitative estimate of drug-likeness (QED) is 0.339. The predicted molar refractivity (Wildman–Crippen MR) is 123 cm³/mol. The van der Waals surface area contributed by atoms with Gasteiger partial charge in [-0.05, 0) is 49.7 Å². The van der Waals surface area contributed by atoms with Crippen molar-refractivity contribution in [3.8, 4) is 5.75 Å². The average Bonchev–Trinajstić information content (AvgIpc) is 3.26. The Bertz CT molecular complexity index is 1210. The summed E-state index contributed by atoms with van der Waals surface area (Å²) >= 11 is 0. The normalized spacial score (nSPS) is 16.2. The average molecular weight is 428 g/mol. The van der Waals surface area contributed by atoms with E-state index in [0.717, 1.165) is 48.4 Å². The van der Waals surface area contributed by atoms with Crippen LogP contribution in [-0.4, -0.2) is 38.0 Å². The molecule has 1 atom stereocenters. The van der Waals surface area contributed by atoms with E-state index in [4.69, 9.17) is 4.98 Å². The molecule has 32 heavy (non-hydrogen) atoms. The fourth-order valence-electron chi connectivity index (χ4n) is 4.69. The van der Waals surface area contributed by atoms with Gasteiger partial charge < -0.3 is 10.1 Å². The molecule has 4 aromatic rings. The van der Waals surface area contributed by atoms with Gasteiger partial charge in [-0.25, -0.2) is 4.98 Å². The van der Waals surface area contributed by atoms with Crippen molar-refractivity contribution in [1.29, 1.82) is 0 Å². The summed E-state index contributed by atoms with van der Waals surface area (Å²) in [6, 6.07) is 21.9. The lowest BCUT2D eigenvalue weighted by molar-refractivity contribution is -0.385. The van der Waals surface area contributed by atoms with Crippen molar-refractivity contribution in [3.05, 3.63) is 99.9 Å². The van der Waals surface area contributed by atoms with Crippen molar-refractivity contribution in [1.82, 2.24) is 14.9 Å². The van der Waals surface area contributed by atoms with Gasteiger partial charge in [-0.15, -0.1) is 0 Å². The maximum Gasteiger partial charge on any atom is 0.270 e. The molecule has 1 saturated heterocycles. The van der Waals surface area contributed by atoms with Gasteiger partial charge in [-0.3, -0.25) is 15.0 Å². The van der Waals surface area contributed by atoms with Gasteiger partial charge in [0.1, 0.15) is 11.6 Å². The maximum atomic E-state index is 11.4. The number of para-hydroxylation sites is 2. The first-order valence-electron chi connectivity index (χ1n) is 10.8. The first-order chi connectivity index (χ1) is 15.6. The first kappa shape index (κ1) is 20.2. The van der Waals surface area contributed by atoms with E-state index in [9.17, 15) is 15.2 Å². The van der Waals surface area contributed by atoms with Gasteiger partial charge in [-0.1, -0.05) is 42.5 Å². The molecule has 0 bridgehead atoms. The molecule has 1 aromatic heterocycles. The Morgan fingerprint density at radius 2 is 1.75 bits per heavy atom. The Balaban J connectivity index is 1.44. The molecule has 0 aliphatic carbocycles. The number of non-ortho nitro benzene ring substituents is 1. The molecule has 1 fully saturated rings. The van der Waals surface area contributed by atoms with Gasteiger partial charge in [0.2, 0.25) is 0 Å². The highest BCUT2D eigenvalue weighted by atomic mass is 16.6. The molecular weight excluding hydrogens is 404 g/mol. The Morgan fingerprint density at radius 3 is 2.47 bits per heavy atom. The van der Waals surface area contributed by atoms with Crippen LogP contribution < -0.4 is 0 Å². The van der Waals surface area contributed by atoms with Crippen LogP contribution in [0.2, 0.25) is 0 Å². The number of phenols is 1. The number of rotatable bonds is 5. The number of aromatic hydroxyl groups is 1. The molecular formula is C25H24N4O3. The second-order valence-corrected chi connectivity index (χ2v) is 8.26. The number of hydrogen-bond donors (Lipinski definition) is 2. The van der Waals surface area contributed by atoms with Gasteiger partial charge in [-0.2, -0.15) is 0 Å². The summed E-state index contributed by atoms with van der Waals surface area (Å²) in [6.07, 6.45) is 1.83. The van der Waals surface area contributed by atoms with Gasteiger partial charge in [0.25, 0.3) is 5.69 Å². The smallest absolute Gasteiger partial charge is 0.270 e. The zero-order valence-corrected chi connectivity index (χ0v) is 17.5. The van der Waals surface area contributed by atoms with E-state index in [0.29, 0.717) is 11.5 Å². The number of hydrogen-bond acceptors (Lipinski definition) is 5. The van der Waals surface area contributed by atoms with Crippen LogP contribution in [0.15, 0.2) is 72.8 Å². The van der Waals surface area contributed by atoms with E-state index in [-0.39, 0.29) is 17.5 Å². The molecule has 162 valence electrons. The molecule has 1 unspecified atom stereocenters. The van der Waals surface area contributed by atoms with Crippen LogP contribution in [0.1, 0.15) is 41.8 Å². The number of nitro groups is 1. The van der Waals surface area contributed by atoms with Gasteiger partial charge in [0, 0.05) is 23.6 Å². The van der Waals surface area contributed by atoms with E-state index in [1.165, 1.54) is 18.2 Å². The number of aromatic amines is 1. The number of benzene rings is 3. The third kappa shape index (κ3) is 3.83. The SMILES string of the molecule is O=[N+]([O-])c1ccc(O)c(C(c2ccccc2)N2CCC(c3nc4ccccc4[nH]3)CC2)c1. The highest BCUT2D eigenvalue weighted by Crippen LogP contribution is 2.39. The zero-order chi connectivity index (χ0) is 22.1.